The van der Waals surface area contributed by atoms with E-state index in [-0.39, 0.29) is 11.7 Å². The van der Waals surface area contributed by atoms with Gasteiger partial charge in [-0.1, -0.05) is 0 Å². The molecule has 20 heavy (non-hydrogen) atoms. The molecule has 0 radical (unpaired) electrons. The van der Waals surface area contributed by atoms with E-state index in [1.165, 1.54) is 14.3 Å². The second kappa shape index (κ2) is 5.09. The Hall–Kier alpha value is -2.15. The number of fused-ring (bicyclic) bond motifs is 1. The molecule has 3 aromatic rings. The van der Waals surface area contributed by atoms with E-state index < -0.39 is 0 Å². The molecule has 0 spiro atoms. The molecule has 0 bridgehead atoms. The lowest BCUT2D eigenvalue weighted by Gasteiger charge is -2.13. The molecule has 2 N–H and O–H groups in total. The third kappa shape index (κ3) is 2.57. The molecule has 0 amide bonds. The first kappa shape index (κ1) is 12.9. The monoisotopic (exact) mass is 289 g/mol. The van der Waals surface area contributed by atoms with Crippen LogP contribution in [0.25, 0.3) is 5.65 Å². The van der Waals surface area contributed by atoms with Crippen LogP contribution in [0.15, 0.2) is 29.1 Å². The SMILES string of the molecule is Cc1ccc(CC(C)Nc2ccc3n[nH]c(=O)n3n2)s1. The van der Waals surface area contributed by atoms with Crippen molar-refractivity contribution >= 4 is 22.8 Å². The van der Waals surface area contributed by atoms with Gasteiger partial charge < -0.3 is 5.32 Å². The van der Waals surface area contributed by atoms with Gasteiger partial charge in [0.15, 0.2) is 5.65 Å². The van der Waals surface area contributed by atoms with Crippen LogP contribution in [-0.4, -0.2) is 25.9 Å². The smallest absolute Gasteiger partial charge is 0.364 e. The van der Waals surface area contributed by atoms with Crippen LogP contribution < -0.4 is 11.0 Å². The van der Waals surface area contributed by atoms with Gasteiger partial charge in [0.05, 0.1) is 0 Å². The summed E-state index contributed by atoms with van der Waals surface area (Å²) in [7, 11) is 0. The van der Waals surface area contributed by atoms with Crippen LogP contribution in [0, 0.1) is 6.92 Å². The number of nitrogens with zero attached hydrogens (tertiary/aromatic N) is 3. The van der Waals surface area contributed by atoms with Crippen molar-refractivity contribution in [3.8, 4) is 0 Å². The number of thiophene rings is 1. The molecule has 0 aromatic carbocycles. The van der Waals surface area contributed by atoms with E-state index >= 15 is 0 Å². The van der Waals surface area contributed by atoms with Gasteiger partial charge in [-0.15, -0.1) is 16.4 Å². The highest BCUT2D eigenvalue weighted by molar-refractivity contribution is 7.11. The Balaban J connectivity index is 1.75. The summed E-state index contributed by atoms with van der Waals surface area (Å²) in [5.74, 6) is 0.668. The molecule has 1 atom stereocenters. The van der Waals surface area contributed by atoms with Gasteiger partial charge in [0, 0.05) is 22.2 Å². The molecule has 0 aliphatic heterocycles. The molecule has 0 saturated carbocycles. The molecule has 3 rings (SSSR count). The van der Waals surface area contributed by atoms with E-state index in [0.29, 0.717) is 11.5 Å². The fraction of sp³-hybridized carbons (Fsp3) is 0.308. The molecular weight excluding hydrogens is 274 g/mol. The fourth-order valence-corrected chi connectivity index (χ4v) is 3.10. The number of H-pyrrole nitrogens is 1. The molecule has 0 fully saturated rings. The van der Waals surface area contributed by atoms with Crippen molar-refractivity contribution in [2.24, 2.45) is 0 Å². The summed E-state index contributed by atoms with van der Waals surface area (Å²) < 4.78 is 1.25. The first-order valence-electron chi connectivity index (χ1n) is 6.38. The van der Waals surface area contributed by atoms with E-state index in [4.69, 9.17) is 0 Å². The van der Waals surface area contributed by atoms with Crippen molar-refractivity contribution in [1.82, 2.24) is 19.8 Å². The minimum atomic E-state index is -0.329. The molecule has 7 heteroatoms. The van der Waals surface area contributed by atoms with Crippen LogP contribution in [0.2, 0.25) is 0 Å². The molecule has 0 aliphatic carbocycles. The molecule has 0 aliphatic rings. The van der Waals surface area contributed by atoms with Crippen LogP contribution in [0.3, 0.4) is 0 Å². The zero-order chi connectivity index (χ0) is 14.1. The highest BCUT2D eigenvalue weighted by Crippen LogP contribution is 2.17. The van der Waals surface area contributed by atoms with Crippen molar-refractivity contribution in [1.29, 1.82) is 0 Å². The summed E-state index contributed by atoms with van der Waals surface area (Å²) in [5.41, 5.74) is 0.187. The summed E-state index contributed by atoms with van der Waals surface area (Å²) >= 11 is 1.80. The minimum Gasteiger partial charge on any atom is -0.366 e. The van der Waals surface area contributed by atoms with Gasteiger partial charge in [0.1, 0.15) is 5.82 Å². The topological polar surface area (TPSA) is 75.1 Å². The molecule has 3 aromatic heterocycles. The Bertz CT molecular complexity index is 787. The van der Waals surface area contributed by atoms with E-state index in [2.05, 4.69) is 46.6 Å². The van der Waals surface area contributed by atoms with E-state index in [0.717, 1.165) is 6.42 Å². The number of nitrogens with one attached hydrogen (secondary N) is 2. The number of rotatable bonds is 4. The maximum Gasteiger partial charge on any atom is 0.364 e. The molecule has 3 heterocycles. The Morgan fingerprint density at radius 1 is 1.40 bits per heavy atom. The predicted octanol–water partition coefficient (Wildman–Crippen LogP) is 1.83. The maximum absolute atomic E-state index is 11.5. The van der Waals surface area contributed by atoms with E-state index in [9.17, 15) is 4.79 Å². The van der Waals surface area contributed by atoms with Crippen molar-refractivity contribution in [3.05, 3.63) is 44.5 Å². The Kier molecular flexibility index (Phi) is 3.27. The van der Waals surface area contributed by atoms with Crippen LogP contribution in [0.4, 0.5) is 5.82 Å². The van der Waals surface area contributed by atoms with Crippen molar-refractivity contribution in [2.75, 3.05) is 5.32 Å². The van der Waals surface area contributed by atoms with E-state index in [1.54, 1.807) is 17.4 Å². The van der Waals surface area contributed by atoms with Crippen LogP contribution in [0.5, 0.6) is 0 Å². The summed E-state index contributed by atoms with van der Waals surface area (Å²) in [6.07, 6.45) is 0.929. The molecule has 104 valence electrons. The highest BCUT2D eigenvalue weighted by Gasteiger charge is 2.08. The lowest BCUT2D eigenvalue weighted by Crippen LogP contribution is -2.20. The lowest BCUT2D eigenvalue weighted by atomic mass is 10.2. The van der Waals surface area contributed by atoms with Gasteiger partial charge in [-0.3, -0.25) is 0 Å². The zero-order valence-electron chi connectivity index (χ0n) is 11.3. The largest absolute Gasteiger partial charge is 0.366 e. The average Bonchev–Trinajstić information content (AvgIpc) is 2.97. The molecule has 0 saturated heterocycles. The minimum absolute atomic E-state index is 0.237. The second-order valence-corrected chi connectivity index (χ2v) is 6.15. The van der Waals surface area contributed by atoms with Crippen LogP contribution in [-0.2, 0) is 6.42 Å². The number of hydrogen-bond donors (Lipinski definition) is 2. The number of anilines is 1. The Morgan fingerprint density at radius 2 is 2.25 bits per heavy atom. The Morgan fingerprint density at radius 3 is 3.00 bits per heavy atom. The Labute approximate surface area is 119 Å². The first-order valence-corrected chi connectivity index (χ1v) is 7.20. The molecular formula is C13H15N5OS. The summed E-state index contributed by atoms with van der Waals surface area (Å²) in [6.45, 7) is 4.20. The standard InChI is InChI=1S/C13H15N5OS/c1-8(7-10-4-3-9(2)20-10)14-11-5-6-12-15-16-13(19)18(12)17-11/h3-6,8H,7H2,1-2H3,(H,14,17)(H,16,19). The highest BCUT2D eigenvalue weighted by atomic mass is 32.1. The molecule has 6 nitrogen and oxygen atoms in total. The summed E-state index contributed by atoms with van der Waals surface area (Å²) in [6, 6.07) is 8.10. The quantitative estimate of drug-likeness (QED) is 0.768. The van der Waals surface area contributed by atoms with E-state index in [1.807, 2.05) is 6.07 Å². The van der Waals surface area contributed by atoms with Gasteiger partial charge >= 0.3 is 5.69 Å². The number of aromatic nitrogens is 4. The van der Waals surface area contributed by atoms with Gasteiger partial charge in [0.25, 0.3) is 0 Å². The van der Waals surface area contributed by atoms with Gasteiger partial charge in [-0.2, -0.15) is 9.61 Å². The van der Waals surface area contributed by atoms with Crippen LogP contribution in [0.1, 0.15) is 16.7 Å². The van der Waals surface area contributed by atoms with Crippen molar-refractivity contribution < 1.29 is 0 Å². The van der Waals surface area contributed by atoms with Crippen molar-refractivity contribution in [3.63, 3.8) is 0 Å². The second-order valence-electron chi connectivity index (χ2n) is 4.78. The van der Waals surface area contributed by atoms with Crippen LogP contribution >= 0.6 is 11.3 Å². The third-order valence-electron chi connectivity index (χ3n) is 2.97. The van der Waals surface area contributed by atoms with Gasteiger partial charge in [-0.25, -0.2) is 9.89 Å². The first-order chi connectivity index (χ1) is 9.61. The summed E-state index contributed by atoms with van der Waals surface area (Å²) in [4.78, 5) is 14.1. The average molecular weight is 289 g/mol. The predicted molar refractivity (Wildman–Crippen MR) is 79.5 cm³/mol. The van der Waals surface area contributed by atoms with Gasteiger partial charge in [-0.05, 0) is 38.1 Å². The lowest BCUT2D eigenvalue weighted by molar-refractivity contribution is 0.778. The summed E-state index contributed by atoms with van der Waals surface area (Å²) in [5, 5.41) is 13.7. The third-order valence-corrected chi connectivity index (χ3v) is 3.99. The number of hydrogen-bond acceptors (Lipinski definition) is 5. The zero-order valence-corrected chi connectivity index (χ0v) is 12.1. The number of aromatic amines is 1. The normalized spacial score (nSPS) is 12.7. The number of aryl methyl sites for hydroxylation is 1. The molecule has 1 unspecified atom stereocenters. The maximum atomic E-state index is 11.5. The van der Waals surface area contributed by atoms with Gasteiger partial charge in [0.2, 0.25) is 0 Å². The van der Waals surface area contributed by atoms with Crippen molar-refractivity contribution in [2.45, 2.75) is 26.3 Å². The fourth-order valence-electron chi connectivity index (χ4n) is 2.08.